The van der Waals surface area contributed by atoms with Gasteiger partial charge >= 0.3 is 12.2 Å². The minimum Gasteiger partial charge on any atom is -0.355 e. The highest BCUT2D eigenvalue weighted by molar-refractivity contribution is 8.09. The minimum absolute atomic E-state index is 0.103. The molecule has 44 heavy (non-hydrogen) atoms. The highest BCUT2D eigenvalue weighted by Crippen LogP contribution is 2.39. The van der Waals surface area contributed by atoms with Crippen LogP contribution in [-0.4, -0.2) is 51.7 Å². The zero-order valence-corrected chi connectivity index (χ0v) is 25.4. The molecule has 0 atom stereocenters. The molecule has 0 aliphatic carbocycles. The molecule has 0 spiro atoms. The molecule has 0 bridgehead atoms. The van der Waals surface area contributed by atoms with Gasteiger partial charge in [-0.2, -0.15) is 22.1 Å². The SMILES string of the molecule is CC1(C)C(=O)N(c2ccc(C#N)c(C(F)(F)F)c2)C(=O)N1Cc1ccccc1Nc1ccc(N(S(C)(=O)=O)S(C)(=O)=O)cc1. The summed E-state index contributed by atoms with van der Waals surface area (Å²) in [6.45, 7) is 2.80. The number of anilines is 4. The average Bonchev–Trinajstić information content (AvgIpc) is 3.07. The standard InChI is InChI=1S/C28H26F3N5O6S2/c1-27(2)25(37)35(22-12-9-18(16-32)23(15-22)28(29,30)31)26(38)34(27)17-19-7-5-6-8-24(19)33-20-10-13-21(14-11-20)36(43(3,39)40)44(4,41)42/h5-15,33H,17H2,1-4H3. The van der Waals surface area contributed by atoms with Gasteiger partial charge in [0.1, 0.15) is 5.54 Å². The second-order valence-electron chi connectivity index (χ2n) is 10.5. The zero-order chi connectivity index (χ0) is 32.8. The van der Waals surface area contributed by atoms with E-state index in [0.29, 0.717) is 31.6 Å². The number of carbonyl (C=O) groups is 2. The third kappa shape index (κ3) is 6.19. The molecule has 232 valence electrons. The number of nitrogens with one attached hydrogen (secondary N) is 1. The Morgan fingerprint density at radius 3 is 2.07 bits per heavy atom. The predicted octanol–water partition coefficient (Wildman–Crippen LogP) is 4.79. The molecule has 1 heterocycles. The number of urea groups is 1. The van der Waals surface area contributed by atoms with Gasteiger partial charge in [0.2, 0.25) is 20.0 Å². The van der Waals surface area contributed by atoms with Crippen LogP contribution in [0.1, 0.15) is 30.5 Å². The summed E-state index contributed by atoms with van der Waals surface area (Å²) < 4.78 is 89.4. The lowest BCUT2D eigenvalue weighted by Gasteiger charge is -2.28. The van der Waals surface area contributed by atoms with Crippen molar-refractivity contribution in [2.75, 3.05) is 26.4 Å². The number of rotatable bonds is 8. The van der Waals surface area contributed by atoms with Crippen LogP contribution >= 0.6 is 0 Å². The number of sulfonamides is 2. The number of halogens is 3. The van der Waals surface area contributed by atoms with Crippen molar-refractivity contribution in [2.24, 2.45) is 0 Å². The molecular weight excluding hydrogens is 623 g/mol. The van der Waals surface area contributed by atoms with Gasteiger partial charge in [-0.25, -0.2) is 26.5 Å². The number of imide groups is 1. The molecule has 11 nitrogen and oxygen atoms in total. The number of carbonyl (C=O) groups excluding carboxylic acids is 2. The van der Waals surface area contributed by atoms with E-state index in [1.54, 1.807) is 24.3 Å². The average molecular weight is 650 g/mol. The summed E-state index contributed by atoms with van der Waals surface area (Å²) in [6, 6.07) is 15.4. The maximum Gasteiger partial charge on any atom is 0.417 e. The van der Waals surface area contributed by atoms with E-state index in [2.05, 4.69) is 5.32 Å². The fourth-order valence-electron chi connectivity index (χ4n) is 4.73. The van der Waals surface area contributed by atoms with Gasteiger partial charge in [0.25, 0.3) is 5.91 Å². The first-order valence-electron chi connectivity index (χ1n) is 12.7. The van der Waals surface area contributed by atoms with Gasteiger partial charge in [0.15, 0.2) is 0 Å². The lowest BCUT2D eigenvalue weighted by molar-refractivity contribution is -0.137. The van der Waals surface area contributed by atoms with Crippen molar-refractivity contribution in [1.29, 1.82) is 5.26 Å². The molecule has 1 saturated heterocycles. The van der Waals surface area contributed by atoms with Crippen LogP contribution in [0.2, 0.25) is 0 Å². The Morgan fingerprint density at radius 2 is 1.52 bits per heavy atom. The summed E-state index contributed by atoms with van der Waals surface area (Å²) in [4.78, 5) is 28.8. The third-order valence-corrected chi connectivity index (χ3v) is 10.1. The first-order chi connectivity index (χ1) is 20.3. The van der Waals surface area contributed by atoms with Crippen molar-refractivity contribution in [3.8, 4) is 6.07 Å². The van der Waals surface area contributed by atoms with E-state index in [-0.39, 0.29) is 17.9 Å². The van der Waals surface area contributed by atoms with Crippen molar-refractivity contribution in [3.05, 3.63) is 83.4 Å². The molecule has 16 heteroatoms. The molecule has 3 amide bonds. The number of alkyl halides is 3. The Balaban J connectivity index is 1.64. The molecule has 1 N–H and O–H groups in total. The topological polar surface area (TPSA) is 148 Å². The van der Waals surface area contributed by atoms with Crippen LogP contribution in [0.25, 0.3) is 0 Å². The van der Waals surface area contributed by atoms with Gasteiger partial charge in [0, 0.05) is 11.4 Å². The van der Waals surface area contributed by atoms with Crippen LogP contribution in [-0.2, 0) is 37.6 Å². The number of hydrogen-bond acceptors (Lipinski definition) is 8. The number of para-hydroxylation sites is 1. The molecule has 0 unspecified atom stereocenters. The van der Waals surface area contributed by atoms with Crippen molar-refractivity contribution in [2.45, 2.75) is 32.1 Å². The third-order valence-electron chi connectivity index (χ3n) is 6.82. The van der Waals surface area contributed by atoms with Crippen LogP contribution in [0.15, 0.2) is 66.7 Å². The van der Waals surface area contributed by atoms with Crippen LogP contribution in [0.3, 0.4) is 0 Å². The second-order valence-corrected chi connectivity index (χ2v) is 14.4. The number of amides is 3. The van der Waals surface area contributed by atoms with Crippen molar-refractivity contribution in [1.82, 2.24) is 4.90 Å². The second kappa shape index (κ2) is 11.1. The molecule has 0 radical (unpaired) electrons. The molecule has 1 fully saturated rings. The Morgan fingerprint density at radius 1 is 0.932 bits per heavy atom. The van der Waals surface area contributed by atoms with Crippen molar-refractivity contribution in [3.63, 3.8) is 0 Å². The lowest BCUT2D eigenvalue weighted by atomic mass is 10.0. The van der Waals surface area contributed by atoms with Gasteiger partial charge in [-0.3, -0.25) is 4.79 Å². The Bertz CT molecular complexity index is 1870. The summed E-state index contributed by atoms with van der Waals surface area (Å²) in [7, 11) is -8.28. The zero-order valence-electron chi connectivity index (χ0n) is 23.7. The van der Waals surface area contributed by atoms with Crippen molar-refractivity contribution >= 4 is 54.7 Å². The van der Waals surface area contributed by atoms with Crippen LogP contribution < -0.4 is 13.9 Å². The molecule has 3 aromatic carbocycles. The van der Waals surface area contributed by atoms with E-state index >= 15 is 0 Å². The molecule has 0 saturated carbocycles. The fourth-order valence-corrected chi connectivity index (χ4v) is 7.71. The summed E-state index contributed by atoms with van der Waals surface area (Å²) in [6.07, 6.45) is -3.36. The van der Waals surface area contributed by atoms with Gasteiger partial charge in [-0.15, -0.1) is 0 Å². The molecule has 3 aromatic rings. The first-order valence-corrected chi connectivity index (χ1v) is 16.4. The Labute approximate surface area is 252 Å². The fraction of sp³-hybridized carbons (Fsp3) is 0.250. The van der Waals surface area contributed by atoms with E-state index < -0.39 is 54.8 Å². The van der Waals surface area contributed by atoms with E-state index in [9.17, 15) is 39.6 Å². The predicted molar refractivity (Wildman–Crippen MR) is 157 cm³/mol. The Hall–Kier alpha value is -4.62. The largest absolute Gasteiger partial charge is 0.417 e. The smallest absolute Gasteiger partial charge is 0.355 e. The quantitative estimate of drug-likeness (QED) is 0.343. The van der Waals surface area contributed by atoms with E-state index in [1.807, 2.05) is 0 Å². The van der Waals surface area contributed by atoms with Crippen LogP contribution in [0.4, 0.5) is 40.7 Å². The molecular formula is C28H26F3N5O6S2. The lowest BCUT2D eigenvalue weighted by Crippen LogP contribution is -2.43. The summed E-state index contributed by atoms with van der Waals surface area (Å²) in [5, 5.41) is 12.2. The summed E-state index contributed by atoms with van der Waals surface area (Å²) in [5.74, 6) is -0.761. The minimum atomic E-state index is -4.89. The van der Waals surface area contributed by atoms with Crippen LogP contribution in [0, 0.1) is 11.3 Å². The normalized spacial score (nSPS) is 15.3. The van der Waals surface area contributed by atoms with Gasteiger partial charge in [0.05, 0.1) is 47.6 Å². The van der Waals surface area contributed by atoms with Crippen molar-refractivity contribution < 1.29 is 39.6 Å². The molecule has 0 aromatic heterocycles. The van der Waals surface area contributed by atoms with E-state index in [1.165, 1.54) is 49.1 Å². The van der Waals surface area contributed by atoms with E-state index in [0.717, 1.165) is 24.6 Å². The monoisotopic (exact) mass is 649 g/mol. The maximum absolute atomic E-state index is 13.6. The number of nitrogens with zero attached hydrogens (tertiary/aromatic N) is 4. The van der Waals surface area contributed by atoms with Gasteiger partial charge in [-0.1, -0.05) is 18.2 Å². The van der Waals surface area contributed by atoms with Gasteiger partial charge < -0.3 is 10.2 Å². The number of hydrogen-bond donors (Lipinski definition) is 1. The van der Waals surface area contributed by atoms with Crippen LogP contribution in [0.5, 0.6) is 0 Å². The summed E-state index contributed by atoms with van der Waals surface area (Å²) >= 11 is 0. The highest BCUT2D eigenvalue weighted by atomic mass is 32.3. The van der Waals surface area contributed by atoms with Gasteiger partial charge in [-0.05, 0) is 67.9 Å². The summed E-state index contributed by atoms with van der Waals surface area (Å²) in [5.41, 5.74) is -2.37. The molecule has 1 aliphatic heterocycles. The maximum atomic E-state index is 13.6. The number of nitriles is 1. The first kappa shape index (κ1) is 32.3. The van der Waals surface area contributed by atoms with E-state index in [4.69, 9.17) is 5.26 Å². The Kier molecular flexibility index (Phi) is 8.18. The molecule has 1 aliphatic rings. The number of benzene rings is 3. The highest BCUT2D eigenvalue weighted by Gasteiger charge is 2.52. The molecule has 4 rings (SSSR count).